The topological polar surface area (TPSA) is 57.6 Å². The third-order valence-electron chi connectivity index (χ3n) is 4.41. The van der Waals surface area contributed by atoms with Gasteiger partial charge in [-0.05, 0) is 41.5 Å². The van der Waals surface area contributed by atoms with Crippen molar-refractivity contribution in [2.24, 2.45) is 0 Å². The Morgan fingerprint density at radius 1 is 0.958 bits per heavy atom. The van der Waals surface area contributed by atoms with Crippen LogP contribution in [0.1, 0.15) is 28.7 Å². The third-order valence-corrected chi connectivity index (χ3v) is 4.41. The van der Waals surface area contributed by atoms with Gasteiger partial charge < -0.3 is 10.0 Å². The Labute approximate surface area is 141 Å². The number of aryl methyl sites for hydroxylation is 2. The number of benzene rings is 2. The van der Waals surface area contributed by atoms with Gasteiger partial charge in [-0.1, -0.05) is 48.5 Å². The van der Waals surface area contributed by atoms with Crippen molar-refractivity contribution in [3.8, 4) is 0 Å². The Bertz CT molecular complexity index is 740. The van der Waals surface area contributed by atoms with Gasteiger partial charge in [-0.25, -0.2) is 0 Å². The lowest BCUT2D eigenvalue weighted by Crippen LogP contribution is -2.36. The van der Waals surface area contributed by atoms with E-state index in [4.69, 9.17) is 5.11 Å². The molecule has 124 valence electrons. The van der Waals surface area contributed by atoms with Gasteiger partial charge in [0.1, 0.15) is 6.54 Å². The molecule has 4 heteroatoms. The molecule has 4 nitrogen and oxygen atoms in total. The van der Waals surface area contributed by atoms with Crippen LogP contribution in [0.25, 0.3) is 0 Å². The molecule has 1 amide bonds. The summed E-state index contributed by atoms with van der Waals surface area (Å²) in [4.78, 5) is 25.1. The van der Waals surface area contributed by atoms with Crippen molar-refractivity contribution in [2.45, 2.75) is 32.2 Å². The summed E-state index contributed by atoms with van der Waals surface area (Å²) in [5.74, 6) is -1.15. The lowest BCUT2D eigenvalue weighted by molar-refractivity contribution is -0.144. The summed E-state index contributed by atoms with van der Waals surface area (Å²) >= 11 is 0. The second kappa shape index (κ2) is 7.30. The first-order chi connectivity index (χ1) is 11.6. The number of carbonyl (C=O) groups excluding carboxylic acids is 1. The molecule has 2 aromatic rings. The molecule has 24 heavy (non-hydrogen) atoms. The van der Waals surface area contributed by atoms with Gasteiger partial charge in [0.05, 0.1) is 6.42 Å². The summed E-state index contributed by atoms with van der Waals surface area (Å²) in [6.45, 7) is 0.0373. The van der Waals surface area contributed by atoms with Gasteiger partial charge in [-0.2, -0.15) is 0 Å². The molecule has 1 aliphatic rings. The maximum absolute atomic E-state index is 12.6. The molecular weight excluding hydrogens is 302 g/mol. The molecule has 0 spiro atoms. The average molecular weight is 323 g/mol. The van der Waals surface area contributed by atoms with Crippen molar-refractivity contribution in [1.29, 1.82) is 0 Å². The molecule has 0 aromatic heterocycles. The van der Waals surface area contributed by atoms with Gasteiger partial charge in [0, 0.05) is 6.54 Å². The van der Waals surface area contributed by atoms with E-state index in [-0.39, 0.29) is 18.9 Å². The predicted molar refractivity (Wildman–Crippen MR) is 91.7 cm³/mol. The number of carbonyl (C=O) groups is 2. The van der Waals surface area contributed by atoms with Crippen LogP contribution in [0.5, 0.6) is 0 Å². The highest BCUT2D eigenvalue weighted by atomic mass is 16.4. The Kier molecular flexibility index (Phi) is 4.94. The number of nitrogens with zero attached hydrogens (tertiary/aromatic N) is 1. The maximum Gasteiger partial charge on any atom is 0.323 e. The highest BCUT2D eigenvalue weighted by molar-refractivity contribution is 5.83. The van der Waals surface area contributed by atoms with E-state index in [1.165, 1.54) is 22.4 Å². The van der Waals surface area contributed by atoms with E-state index in [2.05, 4.69) is 12.1 Å². The number of rotatable bonds is 6. The van der Waals surface area contributed by atoms with E-state index in [0.717, 1.165) is 24.0 Å². The number of aliphatic carboxylic acids is 1. The Morgan fingerprint density at radius 2 is 1.71 bits per heavy atom. The van der Waals surface area contributed by atoms with E-state index >= 15 is 0 Å². The van der Waals surface area contributed by atoms with Crippen LogP contribution < -0.4 is 0 Å². The quantitative estimate of drug-likeness (QED) is 0.889. The van der Waals surface area contributed by atoms with Gasteiger partial charge in [0.15, 0.2) is 0 Å². The van der Waals surface area contributed by atoms with Gasteiger partial charge in [-0.15, -0.1) is 0 Å². The van der Waals surface area contributed by atoms with E-state index in [9.17, 15) is 9.59 Å². The molecule has 0 saturated carbocycles. The number of hydrogen-bond donors (Lipinski definition) is 1. The normalized spacial score (nSPS) is 12.7. The van der Waals surface area contributed by atoms with Gasteiger partial charge in [0.2, 0.25) is 5.91 Å². The smallest absolute Gasteiger partial charge is 0.323 e. The van der Waals surface area contributed by atoms with Crippen LogP contribution in [-0.4, -0.2) is 28.4 Å². The van der Waals surface area contributed by atoms with Crippen molar-refractivity contribution in [3.63, 3.8) is 0 Å². The number of fused-ring (bicyclic) bond motifs is 1. The standard InChI is InChI=1S/C20H21NO3/c22-19(12-16-9-10-17-7-4-8-18(17)11-16)21(14-20(23)24)13-15-5-2-1-3-6-15/h1-3,5-6,9-11H,4,7-8,12-14H2,(H,23,24). The van der Waals surface area contributed by atoms with Crippen molar-refractivity contribution in [1.82, 2.24) is 4.90 Å². The zero-order valence-electron chi connectivity index (χ0n) is 13.6. The highest BCUT2D eigenvalue weighted by Crippen LogP contribution is 2.23. The molecule has 0 atom stereocenters. The van der Waals surface area contributed by atoms with Crippen LogP contribution in [0.15, 0.2) is 48.5 Å². The lowest BCUT2D eigenvalue weighted by atomic mass is 10.0. The summed E-state index contributed by atoms with van der Waals surface area (Å²) in [5, 5.41) is 9.11. The van der Waals surface area contributed by atoms with Gasteiger partial charge in [-0.3, -0.25) is 9.59 Å². The van der Waals surface area contributed by atoms with E-state index < -0.39 is 5.97 Å². The monoisotopic (exact) mass is 323 g/mol. The summed E-state index contributed by atoms with van der Waals surface area (Å²) in [6, 6.07) is 15.7. The molecule has 1 N–H and O–H groups in total. The molecule has 0 aliphatic heterocycles. The SMILES string of the molecule is O=C(O)CN(Cc1ccccc1)C(=O)Cc1ccc2c(c1)CCC2. The number of carboxylic acid groups (broad SMARTS) is 1. The predicted octanol–water partition coefficient (Wildman–Crippen LogP) is 2.83. The van der Waals surface area contributed by atoms with Gasteiger partial charge in [0.25, 0.3) is 0 Å². The lowest BCUT2D eigenvalue weighted by Gasteiger charge is -2.21. The van der Waals surface area contributed by atoms with Crippen LogP contribution in [-0.2, 0) is 35.4 Å². The summed E-state index contributed by atoms with van der Waals surface area (Å²) in [6.07, 6.45) is 3.60. The van der Waals surface area contributed by atoms with E-state index in [1.54, 1.807) is 0 Å². The van der Waals surface area contributed by atoms with Crippen molar-refractivity contribution < 1.29 is 14.7 Å². The third kappa shape index (κ3) is 4.02. The van der Waals surface area contributed by atoms with Crippen molar-refractivity contribution in [3.05, 3.63) is 70.8 Å². The molecule has 2 aromatic carbocycles. The first-order valence-electron chi connectivity index (χ1n) is 8.26. The first kappa shape index (κ1) is 16.2. The second-order valence-electron chi connectivity index (χ2n) is 6.26. The minimum Gasteiger partial charge on any atom is -0.480 e. The summed E-state index contributed by atoms with van der Waals surface area (Å²) < 4.78 is 0. The molecular formula is C20H21NO3. The van der Waals surface area contributed by atoms with Crippen LogP contribution >= 0.6 is 0 Å². The fourth-order valence-electron chi connectivity index (χ4n) is 3.22. The van der Waals surface area contributed by atoms with E-state index in [0.29, 0.717) is 6.54 Å². The zero-order valence-corrected chi connectivity index (χ0v) is 13.6. The van der Waals surface area contributed by atoms with Crippen molar-refractivity contribution >= 4 is 11.9 Å². The van der Waals surface area contributed by atoms with Crippen LogP contribution in [0, 0.1) is 0 Å². The molecule has 1 aliphatic carbocycles. The summed E-state index contributed by atoms with van der Waals surface area (Å²) in [5.41, 5.74) is 4.59. The fraction of sp³-hybridized carbons (Fsp3) is 0.300. The minimum absolute atomic E-state index is 0.154. The summed E-state index contributed by atoms with van der Waals surface area (Å²) in [7, 11) is 0. The average Bonchev–Trinajstić information content (AvgIpc) is 3.02. The molecule has 0 bridgehead atoms. The molecule has 0 heterocycles. The Hall–Kier alpha value is -2.62. The second-order valence-corrected chi connectivity index (χ2v) is 6.26. The minimum atomic E-state index is -0.992. The molecule has 0 unspecified atom stereocenters. The Morgan fingerprint density at radius 3 is 2.46 bits per heavy atom. The van der Waals surface area contributed by atoms with Crippen molar-refractivity contribution in [2.75, 3.05) is 6.54 Å². The first-order valence-corrected chi connectivity index (χ1v) is 8.26. The fourth-order valence-corrected chi connectivity index (χ4v) is 3.22. The highest BCUT2D eigenvalue weighted by Gasteiger charge is 2.19. The Balaban J connectivity index is 1.72. The van der Waals surface area contributed by atoms with Crippen LogP contribution in [0.4, 0.5) is 0 Å². The van der Waals surface area contributed by atoms with Crippen LogP contribution in [0.2, 0.25) is 0 Å². The largest absolute Gasteiger partial charge is 0.480 e. The number of carboxylic acids is 1. The number of hydrogen-bond acceptors (Lipinski definition) is 2. The molecule has 3 rings (SSSR count). The molecule has 0 saturated heterocycles. The van der Waals surface area contributed by atoms with Crippen LogP contribution in [0.3, 0.4) is 0 Å². The number of amides is 1. The van der Waals surface area contributed by atoms with Gasteiger partial charge >= 0.3 is 5.97 Å². The maximum atomic E-state index is 12.6. The van der Waals surface area contributed by atoms with E-state index in [1.807, 2.05) is 36.4 Å². The molecule has 0 fully saturated rings. The zero-order chi connectivity index (χ0) is 16.9. The molecule has 0 radical (unpaired) electrons.